The van der Waals surface area contributed by atoms with Gasteiger partial charge in [0.2, 0.25) is 11.8 Å². The van der Waals surface area contributed by atoms with Gasteiger partial charge in [-0.15, -0.1) is 0 Å². The summed E-state index contributed by atoms with van der Waals surface area (Å²) in [6.07, 6.45) is 3.41. The number of rotatable bonds is 5. The van der Waals surface area contributed by atoms with Gasteiger partial charge >= 0.3 is 0 Å². The summed E-state index contributed by atoms with van der Waals surface area (Å²) in [6, 6.07) is 27.0. The van der Waals surface area contributed by atoms with E-state index in [4.69, 9.17) is 9.47 Å². The molecule has 0 aliphatic rings. The Bertz CT molecular complexity index is 871. The number of ether oxygens (including phenoxy) is 2. The van der Waals surface area contributed by atoms with Crippen molar-refractivity contribution in [2.75, 3.05) is 0 Å². The first-order valence-electron chi connectivity index (χ1n) is 8.25. The van der Waals surface area contributed by atoms with Crippen LogP contribution in [0.1, 0.15) is 0 Å². The molecule has 0 radical (unpaired) electrons. The molecule has 0 aliphatic carbocycles. The van der Waals surface area contributed by atoms with Crippen LogP contribution in [0, 0.1) is 0 Å². The summed E-state index contributed by atoms with van der Waals surface area (Å²) in [7, 11) is 0. The zero-order valence-corrected chi connectivity index (χ0v) is 13.9. The Hall–Kier alpha value is -3.66. The molecule has 0 spiro atoms. The largest absolute Gasteiger partial charge is 0.439 e. The lowest BCUT2D eigenvalue weighted by molar-refractivity contribution is 0.462. The van der Waals surface area contributed by atoms with Crippen molar-refractivity contribution in [1.29, 1.82) is 0 Å². The monoisotopic (exact) mass is 340 g/mol. The van der Waals surface area contributed by atoms with Crippen molar-refractivity contribution >= 4 is 0 Å². The summed E-state index contributed by atoms with van der Waals surface area (Å²) < 4.78 is 11.4. The fourth-order valence-corrected chi connectivity index (χ4v) is 2.49. The van der Waals surface area contributed by atoms with Crippen LogP contribution in [-0.4, -0.2) is 9.97 Å². The van der Waals surface area contributed by atoms with E-state index in [0.717, 1.165) is 22.6 Å². The van der Waals surface area contributed by atoms with Crippen LogP contribution >= 0.6 is 0 Å². The number of hydrogen-bond acceptors (Lipinski definition) is 4. The van der Waals surface area contributed by atoms with Crippen molar-refractivity contribution in [3.05, 3.63) is 97.3 Å². The van der Waals surface area contributed by atoms with Crippen molar-refractivity contribution in [3.63, 3.8) is 0 Å². The normalized spacial score (nSPS) is 10.3. The van der Waals surface area contributed by atoms with Gasteiger partial charge in [0.05, 0.1) is 0 Å². The van der Waals surface area contributed by atoms with E-state index in [-0.39, 0.29) is 0 Å². The third-order valence-corrected chi connectivity index (χ3v) is 3.76. The second-order valence-corrected chi connectivity index (χ2v) is 5.59. The van der Waals surface area contributed by atoms with Crippen molar-refractivity contribution in [1.82, 2.24) is 9.97 Å². The van der Waals surface area contributed by atoms with Gasteiger partial charge in [0, 0.05) is 24.5 Å². The highest BCUT2D eigenvalue weighted by Crippen LogP contribution is 2.27. The lowest BCUT2D eigenvalue weighted by atomic mass is 10.1. The van der Waals surface area contributed by atoms with Crippen molar-refractivity contribution < 1.29 is 9.47 Å². The predicted molar refractivity (Wildman–Crippen MR) is 101 cm³/mol. The van der Waals surface area contributed by atoms with Crippen LogP contribution in [0.4, 0.5) is 0 Å². The molecule has 0 amide bonds. The number of hydrogen-bond donors (Lipinski definition) is 0. The molecule has 0 unspecified atom stereocenters. The molecule has 0 bridgehead atoms. The van der Waals surface area contributed by atoms with Gasteiger partial charge in [-0.2, -0.15) is 0 Å². The van der Waals surface area contributed by atoms with E-state index in [1.807, 2.05) is 84.9 Å². The molecule has 126 valence electrons. The molecular weight excluding hydrogens is 324 g/mol. The third kappa shape index (κ3) is 3.87. The minimum absolute atomic E-state index is 0.580. The highest BCUT2D eigenvalue weighted by Gasteiger charge is 2.02. The number of benzene rings is 2. The van der Waals surface area contributed by atoms with Crippen LogP contribution in [-0.2, 0) is 0 Å². The molecule has 4 heteroatoms. The highest BCUT2D eigenvalue weighted by molar-refractivity contribution is 5.65. The zero-order chi connectivity index (χ0) is 17.6. The van der Waals surface area contributed by atoms with Crippen LogP contribution in [0.3, 0.4) is 0 Å². The smallest absolute Gasteiger partial charge is 0.219 e. The predicted octanol–water partition coefficient (Wildman–Crippen LogP) is 5.73. The summed E-state index contributed by atoms with van der Waals surface area (Å²) in [4.78, 5) is 8.31. The van der Waals surface area contributed by atoms with Gasteiger partial charge in [-0.3, -0.25) is 0 Å². The van der Waals surface area contributed by atoms with E-state index in [2.05, 4.69) is 9.97 Å². The van der Waals surface area contributed by atoms with E-state index >= 15 is 0 Å². The molecule has 0 saturated heterocycles. The quantitative estimate of drug-likeness (QED) is 0.465. The number of nitrogens with zero attached hydrogens (tertiary/aromatic N) is 2. The summed E-state index contributed by atoms with van der Waals surface area (Å²) >= 11 is 0. The molecule has 0 atom stereocenters. The Morgan fingerprint density at radius 3 is 1.23 bits per heavy atom. The Morgan fingerprint density at radius 2 is 0.885 bits per heavy atom. The number of pyridine rings is 2. The van der Waals surface area contributed by atoms with Gasteiger partial charge in [-0.1, -0.05) is 36.4 Å². The van der Waals surface area contributed by atoms with Gasteiger partial charge in [-0.25, -0.2) is 9.97 Å². The van der Waals surface area contributed by atoms with Crippen LogP contribution in [0.15, 0.2) is 97.3 Å². The summed E-state index contributed by atoms with van der Waals surface area (Å²) in [6.45, 7) is 0. The summed E-state index contributed by atoms with van der Waals surface area (Å²) in [5.74, 6) is 2.66. The minimum atomic E-state index is 0.580. The topological polar surface area (TPSA) is 44.2 Å². The van der Waals surface area contributed by atoms with Crippen LogP contribution in [0.5, 0.6) is 23.3 Å². The van der Waals surface area contributed by atoms with E-state index < -0.39 is 0 Å². The van der Waals surface area contributed by atoms with E-state index in [9.17, 15) is 0 Å². The molecular formula is C22H16N2O2. The Kier molecular flexibility index (Phi) is 4.56. The maximum Gasteiger partial charge on any atom is 0.219 e. The minimum Gasteiger partial charge on any atom is -0.439 e. The molecule has 2 aromatic heterocycles. The van der Waals surface area contributed by atoms with Gasteiger partial charge in [0.25, 0.3) is 0 Å². The first kappa shape index (κ1) is 15.8. The maximum absolute atomic E-state index is 5.72. The SMILES string of the molecule is c1ccc(Oc2ccc(-c3ccc(Oc4ccccn4)cc3)cc2)nc1. The van der Waals surface area contributed by atoms with E-state index in [1.54, 1.807) is 12.4 Å². The summed E-state index contributed by atoms with van der Waals surface area (Å²) in [5, 5.41) is 0. The first-order chi connectivity index (χ1) is 12.9. The van der Waals surface area contributed by atoms with Crippen LogP contribution < -0.4 is 9.47 Å². The lowest BCUT2D eigenvalue weighted by Gasteiger charge is -2.08. The van der Waals surface area contributed by atoms with Crippen LogP contribution in [0.25, 0.3) is 11.1 Å². The van der Waals surface area contributed by atoms with Crippen molar-refractivity contribution in [2.24, 2.45) is 0 Å². The Labute approximate surface area is 151 Å². The highest BCUT2D eigenvalue weighted by atomic mass is 16.5. The third-order valence-electron chi connectivity index (χ3n) is 3.76. The molecule has 4 aromatic rings. The fourth-order valence-electron chi connectivity index (χ4n) is 2.49. The van der Waals surface area contributed by atoms with E-state index in [0.29, 0.717) is 11.8 Å². The molecule has 2 aromatic carbocycles. The molecule has 0 aliphatic heterocycles. The Balaban J connectivity index is 1.45. The van der Waals surface area contributed by atoms with Crippen molar-refractivity contribution in [3.8, 4) is 34.4 Å². The average Bonchev–Trinajstić information content (AvgIpc) is 2.71. The van der Waals surface area contributed by atoms with Gasteiger partial charge in [0.1, 0.15) is 11.5 Å². The molecule has 0 fully saturated rings. The molecule has 0 saturated carbocycles. The van der Waals surface area contributed by atoms with Crippen molar-refractivity contribution in [2.45, 2.75) is 0 Å². The molecule has 4 rings (SSSR count). The molecule has 4 nitrogen and oxygen atoms in total. The number of aromatic nitrogens is 2. The molecule has 2 heterocycles. The van der Waals surface area contributed by atoms with Crippen LogP contribution in [0.2, 0.25) is 0 Å². The average molecular weight is 340 g/mol. The van der Waals surface area contributed by atoms with Gasteiger partial charge in [-0.05, 0) is 47.5 Å². The second kappa shape index (κ2) is 7.49. The maximum atomic E-state index is 5.72. The second-order valence-electron chi connectivity index (χ2n) is 5.59. The van der Waals surface area contributed by atoms with E-state index in [1.165, 1.54) is 0 Å². The zero-order valence-electron chi connectivity index (χ0n) is 13.9. The first-order valence-corrected chi connectivity index (χ1v) is 8.25. The fraction of sp³-hybridized carbons (Fsp3) is 0. The lowest BCUT2D eigenvalue weighted by Crippen LogP contribution is -1.88. The molecule has 0 N–H and O–H groups in total. The molecule has 26 heavy (non-hydrogen) atoms. The summed E-state index contributed by atoms with van der Waals surface area (Å²) in [5.41, 5.74) is 2.20. The Morgan fingerprint density at radius 1 is 0.462 bits per heavy atom. The van der Waals surface area contributed by atoms with Gasteiger partial charge < -0.3 is 9.47 Å². The van der Waals surface area contributed by atoms with Gasteiger partial charge in [0.15, 0.2) is 0 Å². The standard InChI is InChI=1S/C22H16N2O2/c1-3-15-23-21(5-1)25-19-11-7-17(8-12-19)18-9-13-20(14-10-18)26-22-6-2-4-16-24-22/h1-16H.